The molecule has 0 fully saturated rings. The number of carbonyl (C=O) groups is 1. The highest BCUT2D eigenvalue weighted by molar-refractivity contribution is 5.49. The maximum atomic E-state index is 9.77. The Labute approximate surface area is 125 Å². The Bertz CT molecular complexity index is 540. The standard InChI is InChI=1S/C9H12N4O.C6H12O/c1-6-8(7(2)14-12-6)5-13-4-3-9(10)11-13;1-3-6(2)4-5-7/h3-4H,5H2,1-2H3,(H2,10,11);5-6H,3-4H2,1-2H3. The molecule has 0 aliphatic rings. The van der Waals surface area contributed by atoms with Gasteiger partial charge in [0.2, 0.25) is 0 Å². The average Bonchev–Trinajstić information content (AvgIpc) is 3.00. The highest BCUT2D eigenvalue weighted by Gasteiger charge is 2.09. The zero-order valence-electron chi connectivity index (χ0n) is 13.2. The van der Waals surface area contributed by atoms with Crippen molar-refractivity contribution in [3.63, 3.8) is 0 Å². The van der Waals surface area contributed by atoms with Gasteiger partial charge in [-0.3, -0.25) is 4.68 Å². The summed E-state index contributed by atoms with van der Waals surface area (Å²) in [6.45, 7) is 8.63. The first-order valence-corrected chi connectivity index (χ1v) is 7.12. The Morgan fingerprint density at radius 3 is 2.57 bits per heavy atom. The van der Waals surface area contributed by atoms with Crippen LogP contribution in [0, 0.1) is 19.8 Å². The second-order valence-electron chi connectivity index (χ2n) is 5.16. The van der Waals surface area contributed by atoms with E-state index in [0.717, 1.165) is 36.1 Å². The van der Waals surface area contributed by atoms with Crippen molar-refractivity contribution in [2.24, 2.45) is 5.92 Å². The Balaban J connectivity index is 0.000000270. The predicted octanol–water partition coefficient (Wildman–Crippen LogP) is 2.74. The summed E-state index contributed by atoms with van der Waals surface area (Å²) >= 11 is 0. The zero-order valence-corrected chi connectivity index (χ0v) is 13.2. The van der Waals surface area contributed by atoms with E-state index in [1.54, 1.807) is 10.7 Å². The Morgan fingerprint density at radius 2 is 2.19 bits per heavy atom. The van der Waals surface area contributed by atoms with Gasteiger partial charge < -0.3 is 15.1 Å². The average molecular weight is 292 g/mol. The third-order valence-electron chi connectivity index (χ3n) is 3.36. The lowest BCUT2D eigenvalue weighted by atomic mass is 10.1. The van der Waals surface area contributed by atoms with Crippen LogP contribution in [0.15, 0.2) is 16.8 Å². The summed E-state index contributed by atoms with van der Waals surface area (Å²) in [6.07, 6.45) is 4.64. The van der Waals surface area contributed by atoms with Crippen LogP contribution in [-0.2, 0) is 11.3 Å². The topological polar surface area (TPSA) is 86.9 Å². The molecule has 0 aliphatic heterocycles. The quantitative estimate of drug-likeness (QED) is 0.856. The van der Waals surface area contributed by atoms with Crippen molar-refractivity contribution in [2.45, 2.75) is 47.1 Å². The molecule has 0 bridgehead atoms. The van der Waals surface area contributed by atoms with Crippen molar-refractivity contribution < 1.29 is 9.32 Å². The van der Waals surface area contributed by atoms with Gasteiger partial charge in [-0.15, -0.1) is 0 Å². The summed E-state index contributed by atoms with van der Waals surface area (Å²) in [4.78, 5) is 9.77. The van der Waals surface area contributed by atoms with E-state index in [1.165, 1.54) is 0 Å². The normalized spacial score (nSPS) is 11.6. The lowest BCUT2D eigenvalue weighted by Gasteiger charge is -1.99. The van der Waals surface area contributed by atoms with Gasteiger partial charge in [0.1, 0.15) is 17.9 Å². The van der Waals surface area contributed by atoms with Gasteiger partial charge in [0, 0.05) is 18.2 Å². The first-order chi connectivity index (χ1) is 9.97. The van der Waals surface area contributed by atoms with Gasteiger partial charge >= 0.3 is 0 Å². The smallest absolute Gasteiger partial charge is 0.145 e. The van der Waals surface area contributed by atoms with Crippen LogP contribution in [0.1, 0.15) is 43.7 Å². The van der Waals surface area contributed by atoms with Crippen LogP contribution in [0.5, 0.6) is 0 Å². The Hall–Kier alpha value is -2.11. The van der Waals surface area contributed by atoms with Crippen LogP contribution in [-0.4, -0.2) is 21.2 Å². The van der Waals surface area contributed by atoms with Crippen molar-refractivity contribution >= 4 is 12.1 Å². The van der Waals surface area contributed by atoms with Crippen molar-refractivity contribution in [3.05, 3.63) is 29.3 Å². The number of rotatable bonds is 5. The SMILES string of the molecule is CCC(C)CC=O.Cc1noc(C)c1Cn1ccc(N)n1. The Morgan fingerprint density at radius 1 is 1.48 bits per heavy atom. The number of carbonyl (C=O) groups excluding carboxylic acids is 1. The fraction of sp³-hybridized carbons (Fsp3) is 0.533. The van der Waals surface area contributed by atoms with E-state index in [-0.39, 0.29) is 0 Å². The van der Waals surface area contributed by atoms with Gasteiger partial charge in [-0.05, 0) is 25.8 Å². The lowest BCUT2D eigenvalue weighted by molar-refractivity contribution is -0.108. The molecule has 1 atom stereocenters. The third-order valence-corrected chi connectivity index (χ3v) is 3.36. The fourth-order valence-electron chi connectivity index (χ4n) is 1.69. The second-order valence-corrected chi connectivity index (χ2v) is 5.16. The van der Waals surface area contributed by atoms with Gasteiger partial charge in [0.05, 0.1) is 12.2 Å². The summed E-state index contributed by atoms with van der Waals surface area (Å²) < 4.78 is 6.82. The molecule has 6 heteroatoms. The molecule has 2 rings (SSSR count). The third kappa shape index (κ3) is 5.41. The maximum absolute atomic E-state index is 9.77. The fourth-order valence-corrected chi connectivity index (χ4v) is 1.69. The minimum Gasteiger partial charge on any atom is -0.382 e. The van der Waals surface area contributed by atoms with Crippen LogP contribution in [0.2, 0.25) is 0 Å². The molecule has 0 aromatic carbocycles. The number of aryl methyl sites for hydroxylation is 2. The number of hydrogen-bond donors (Lipinski definition) is 1. The highest BCUT2D eigenvalue weighted by Crippen LogP contribution is 2.13. The van der Waals surface area contributed by atoms with E-state index in [4.69, 9.17) is 10.3 Å². The van der Waals surface area contributed by atoms with Crippen molar-refractivity contribution in [3.8, 4) is 0 Å². The molecule has 2 N–H and O–H groups in total. The number of hydrogen-bond acceptors (Lipinski definition) is 5. The number of aldehydes is 1. The molecular weight excluding hydrogens is 268 g/mol. The first-order valence-electron chi connectivity index (χ1n) is 7.12. The molecule has 1 unspecified atom stereocenters. The minimum atomic E-state index is 0.525. The molecule has 0 spiro atoms. The molecule has 2 aromatic rings. The molecular formula is C15H24N4O2. The van der Waals surface area contributed by atoms with Crippen LogP contribution in [0.3, 0.4) is 0 Å². The number of anilines is 1. The molecule has 0 amide bonds. The summed E-state index contributed by atoms with van der Waals surface area (Å²) in [7, 11) is 0. The van der Waals surface area contributed by atoms with Gasteiger partial charge in [-0.1, -0.05) is 25.4 Å². The monoisotopic (exact) mass is 292 g/mol. The molecule has 0 saturated carbocycles. The zero-order chi connectivity index (χ0) is 15.8. The van der Waals surface area contributed by atoms with E-state index < -0.39 is 0 Å². The summed E-state index contributed by atoms with van der Waals surface area (Å²) in [5.41, 5.74) is 7.48. The number of nitrogens with zero attached hydrogens (tertiary/aromatic N) is 3. The van der Waals surface area contributed by atoms with Gasteiger partial charge in [-0.25, -0.2) is 0 Å². The van der Waals surface area contributed by atoms with Gasteiger partial charge in [0.25, 0.3) is 0 Å². The van der Waals surface area contributed by atoms with E-state index in [2.05, 4.69) is 24.1 Å². The van der Waals surface area contributed by atoms with Crippen LogP contribution >= 0.6 is 0 Å². The van der Waals surface area contributed by atoms with Crippen molar-refractivity contribution in [1.82, 2.24) is 14.9 Å². The van der Waals surface area contributed by atoms with Gasteiger partial charge in [0.15, 0.2) is 0 Å². The lowest BCUT2D eigenvalue weighted by Crippen LogP contribution is -2.02. The summed E-state index contributed by atoms with van der Waals surface area (Å²) in [6, 6.07) is 1.76. The number of aromatic nitrogens is 3. The second kappa shape index (κ2) is 8.24. The van der Waals surface area contributed by atoms with Gasteiger partial charge in [-0.2, -0.15) is 5.10 Å². The maximum Gasteiger partial charge on any atom is 0.145 e. The van der Waals surface area contributed by atoms with Crippen LogP contribution < -0.4 is 5.73 Å². The van der Waals surface area contributed by atoms with E-state index in [0.29, 0.717) is 18.3 Å². The van der Waals surface area contributed by atoms with Crippen molar-refractivity contribution in [2.75, 3.05) is 5.73 Å². The highest BCUT2D eigenvalue weighted by atomic mass is 16.5. The molecule has 21 heavy (non-hydrogen) atoms. The van der Waals surface area contributed by atoms with E-state index in [9.17, 15) is 4.79 Å². The molecule has 0 radical (unpaired) electrons. The molecule has 2 aromatic heterocycles. The summed E-state index contributed by atoms with van der Waals surface area (Å²) in [5, 5.41) is 7.96. The van der Waals surface area contributed by atoms with E-state index in [1.807, 2.05) is 20.0 Å². The Kier molecular flexibility index (Phi) is 6.65. The molecule has 6 nitrogen and oxygen atoms in total. The molecule has 2 heterocycles. The van der Waals surface area contributed by atoms with Crippen molar-refractivity contribution in [1.29, 1.82) is 0 Å². The summed E-state index contributed by atoms with van der Waals surface area (Å²) in [5.74, 6) is 1.94. The minimum absolute atomic E-state index is 0.525. The predicted molar refractivity (Wildman–Crippen MR) is 81.9 cm³/mol. The van der Waals surface area contributed by atoms with Crippen LogP contribution in [0.4, 0.5) is 5.82 Å². The molecule has 116 valence electrons. The molecule has 0 saturated heterocycles. The number of nitrogen functional groups attached to an aromatic ring is 1. The largest absolute Gasteiger partial charge is 0.382 e. The molecule has 0 aliphatic carbocycles. The van der Waals surface area contributed by atoms with E-state index >= 15 is 0 Å². The van der Waals surface area contributed by atoms with Crippen LogP contribution in [0.25, 0.3) is 0 Å². The number of nitrogens with two attached hydrogens (primary N) is 1. The first kappa shape index (κ1) is 16.9.